The first-order chi connectivity index (χ1) is 10.1. The van der Waals surface area contributed by atoms with Gasteiger partial charge in [-0.15, -0.1) is 0 Å². The Morgan fingerprint density at radius 3 is 2.71 bits per heavy atom. The summed E-state index contributed by atoms with van der Waals surface area (Å²) in [4.78, 5) is 16.3. The molecule has 112 valence electrons. The zero-order valence-corrected chi connectivity index (χ0v) is 12.6. The number of likely N-dealkylation sites (N-methyl/N-ethyl adjacent to an activating group) is 1. The SMILES string of the molecule is CC1CN(C)CCN1C(=O)COc1ccc(CC#N)cc1. The van der Waals surface area contributed by atoms with Crippen molar-refractivity contribution in [3.63, 3.8) is 0 Å². The fraction of sp³-hybridized carbons (Fsp3) is 0.500. The molecule has 1 aliphatic heterocycles. The maximum Gasteiger partial charge on any atom is 0.260 e. The number of carbonyl (C=O) groups is 1. The third-order valence-corrected chi connectivity index (χ3v) is 3.72. The number of benzene rings is 1. The van der Waals surface area contributed by atoms with E-state index in [-0.39, 0.29) is 18.6 Å². The zero-order chi connectivity index (χ0) is 15.2. The number of hydrogen-bond donors (Lipinski definition) is 0. The van der Waals surface area contributed by atoms with Gasteiger partial charge in [-0.1, -0.05) is 12.1 Å². The number of hydrogen-bond acceptors (Lipinski definition) is 4. The molecule has 1 amide bonds. The fourth-order valence-corrected chi connectivity index (χ4v) is 2.53. The van der Waals surface area contributed by atoms with Gasteiger partial charge in [0.1, 0.15) is 5.75 Å². The predicted octanol–water partition coefficient (Wildman–Crippen LogP) is 1.29. The first-order valence-corrected chi connectivity index (χ1v) is 7.17. The van der Waals surface area contributed by atoms with E-state index in [0.717, 1.165) is 25.2 Å². The minimum absolute atomic E-state index is 0.0247. The second kappa shape index (κ2) is 7.09. The first-order valence-electron chi connectivity index (χ1n) is 7.17. The lowest BCUT2D eigenvalue weighted by molar-refractivity contribution is -0.137. The van der Waals surface area contributed by atoms with E-state index in [1.807, 2.05) is 17.0 Å². The molecule has 5 heteroatoms. The summed E-state index contributed by atoms with van der Waals surface area (Å²) in [5.41, 5.74) is 0.948. The van der Waals surface area contributed by atoms with Crippen LogP contribution in [0, 0.1) is 11.3 Å². The van der Waals surface area contributed by atoms with Crippen LogP contribution in [0.2, 0.25) is 0 Å². The Morgan fingerprint density at radius 1 is 1.38 bits per heavy atom. The molecule has 1 fully saturated rings. The molecule has 1 heterocycles. The highest BCUT2D eigenvalue weighted by Crippen LogP contribution is 2.14. The van der Waals surface area contributed by atoms with Crippen LogP contribution in [0.15, 0.2) is 24.3 Å². The summed E-state index contributed by atoms with van der Waals surface area (Å²) >= 11 is 0. The van der Waals surface area contributed by atoms with Crippen molar-refractivity contribution in [2.75, 3.05) is 33.3 Å². The summed E-state index contributed by atoms with van der Waals surface area (Å²) in [5.74, 6) is 0.684. The molecule has 2 rings (SSSR count). The lowest BCUT2D eigenvalue weighted by Gasteiger charge is -2.38. The van der Waals surface area contributed by atoms with Crippen molar-refractivity contribution in [2.45, 2.75) is 19.4 Å². The highest BCUT2D eigenvalue weighted by molar-refractivity contribution is 5.78. The molecule has 0 aliphatic carbocycles. The second-order valence-corrected chi connectivity index (χ2v) is 5.47. The van der Waals surface area contributed by atoms with Crippen molar-refractivity contribution >= 4 is 5.91 Å². The van der Waals surface area contributed by atoms with E-state index >= 15 is 0 Å². The molecule has 1 aromatic carbocycles. The fourth-order valence-electron chi connectivity index (χ4n) is 2.53. The Morgan fingerprint density at radius 2 is 2.10 bits per heavy atom. The molecule has 0 radical (unpaired) electrons. The molecule has 0 spiro atoms. The molecule has 21 heavy (non-hydrogen) atoms. The molecule has 0 bridgehead atoms. The van der Waals surface area contributed by atoms with Crippen LogP contribution >= 0.6 is 0 Å². The van der Waals surface area contributed by atoms with Crippen LogP contribution in [0.5, 0.6) is 5.75 Å². The van der Waals surface area contributed by atoms with Crippen molar-refractivity contribution in [3.05, 3.63) is 29.8 Å². The van der Waals surface area contributed by atoms with Gasteiger partial charge < -0.3 is 14.5 Å². The Kier molecular flexibility index (Phi) is 5.18. The van der Waals surface area contributed by atoms with Crippen molar-refractivity contribution in [1.29, 1.82) is 5.26 Å². The lowest BCUT2D eigenvalue weighted by atomic mass is 10.2. The van der Waals surface area contributed by atoms with E-state index < -0.39 is 0 Å². The monoisotopic (exact) mass is 287 g/mol. The van der Waals surface area contributed by atoms with E-state index in [4.69, 9.17) is 10.00 Å². The zero-order valence-electron chi connectivity index (χ0n) is 12.6. The minimum atomic E-state index is 0.0247. The van der Waals surface area contributed by atoms with Crippen molar-refractivity contribution in [3.8, 4) is 11.8 Å². The molecule has 0 aromatic heterocycles. The number of nitriles is 1. The van der Waals surface area contributed by atoms with Crippen molar-refractivity contribution in [2.24, 2.45) is 0 Å². The summed E-state index contributed by atoms with van der Waals surface area (Å²) in [6, 6.07) is 9.62. The molecular weight excluding hydrogens is 266 g/mol. The van der Waals surface area contributed by atoms with E-state index in [1.54, 1.807) is 12.1 Å². The number of rotatable bonds is 4. The smallest absolute Gasteiger partial charge is 0.260 e. The molecule has 1 unspecified atom stereocenters. The molecule has 5 nitrogen and oxygen atoms in total. The maximum atomic E-state index is 12.2. The number of nitrogens with zero attached hydrogens (tertiary/aromatic N) is 3. The number of carbonyl (C=O) groups excluding carboxylic acids is 1. The Balaban J connectivity index is 1.85. The van der Waals surface area contributed by atoms with Crippen LogP contribution in [-0.4, -0.2) is 55.0 Å². The van der Waals surface area contributed by atoms with Gasteiger partial charge in [-0.2, -0.15) is 5.26 Å². The largest absolute Gasteiger partial charge is 0.484 e. The number of amides is 1. The highest BCUT2D eigenvalue weighted by atomic mass is 16.5. The number of piperazine rings is 1. The van der Waals surface area contributed by atoms with Gasteiger partial charge in [0.15, 0.2) is 6.61 Å². The molecule has 0 saturated carbocycles. The summed E-state index contributed by atoms with van der Waals surface area (Å²) in [7, 11) is 2.07. The summed E-state index contributed by atoms with van der Waals surface area (Å²) in [6.07, 6.45) is 0.387. The average Bonchev–Trinajstić information content (AvgIpc) is 2.46. The third kappa shape index (κ3) is 4.20. The van der Waals surface area contributed by atoms with Crippen molar-refractivity contribution < 1.29 is 9.53 Å². The Labute approximate surface area is 125 Å². The van der Waals surface area contributed by atoms with Gasteiger partial charge >= 0.3 is 0 Å². The van der Waals surface area contributed by atoms with E-state index in [1.165, 1.54) is 0 Å². The normalized spacial score (nSPS) is 19.1. The van der Waals surface area contributed by atoms with Gasteiger partial charge in [-0.25, -0.2) is 0 Å². The van der Waals surface area contributed by atoms with Gasteiger partial charge in [-0.3, -0.25) is 4.79 Å². The third-order valence-electron chi connectivity index (χ3n) is 3.72. The van der Waals surface area contributed by atoms with Gasteiger partial charge in [0.2, 0.25) is 0 Å². The van der Waals surface area contributed by atoms with Crippen molar-refractivity contribution in [1.82, 2.24) is 9.80 Å². The van der Waals surface area contributed by atoms with E-state index in [2.05, 4.69) is 24.9 Å². The van der Waals surface area contributed by atoms with Gasteiger partial charge in [0.25, 0.3) is 5.91 Å². The predicted molar refractivity (Wildman–Crippen MR) is 79.9 cm³/mol. The quantitative estimate of drug-likeness (QED) is 0.837. The van der Waals surface area contributed by atoms with Crippen LogP contribution in [0.3, 0.4) is 0 Å². The van der Waals surface area contributed by atoms with E-state index in [0.29, 0.717) is 12.2 Å². The molecule has 0 N–H and O–H groups in total. The van der Waals surface area contributed by atoms with Gasteiger partial charge in [-0.05, 0) is 31.7 Å². The van der Waals surface area contributed by atoms with Crippen LogP contribution in [0.1, 0.15) is 12.5 Å². The average molecular weight is 287 g/mol. The standard InChI is InChI=1S/C16H21N3O2/c1-13-11-18(2)9-10-19(13)16(20)12-21-15-5-3-14(4-6-15)7-8-17/h3-6,13H,7,9-12H2,1-2H3. The molecule has 1 atom stereocenters. The molecule has 1 aromatic rings. The van der Waals surface area contributed by atoms with Gasteiger partial charge in [0, 0.05) is 25.7 Å². The highest BCUT2D eigenvalue weighted by Gasteiger charge is 2.25. The molecule has 1 saturated heterocycles. The summed E-state index contributed by atoms with van der Waals surface area (Å²) in [6.45, 7) is 4.67. The lowest BCUT2D eigenvalue weighted by Crippen LogP contribution is -2.53. The first kappa shape index (κ1) is 15.3. The summed E-state index contributed by atoms with van der Waals surface area (Å²) in [5, 5.41) is 8.62. The van der Waals surface area contributed by atoms with Crippen LogP contribution in [0.25, 0.3) is 0 Å². The van der Waals surface area contributed by atoms with Crippen LogP contribution in [-0.2, 0) is 11.2 Å². The minimum Gasteiger partial charge on any atom is -0.484 e. The summed E-state index contributed by atoms with van der Waals surface area (Å²) < 4.78 is 5.54. The van der Waals surface area contributed by atoms with Gasteiger partial charge in [0.05, 0.1) is 12.5 Å². The Hall–Kier alpha value is -2.06. The van der Waals surface area contributed by atoms with E-state index in [9.17, 15) is 4.79 Å². The molecular formula is C16H21N3O2. The van der Waals surface area contributed by atoms with Crippen LogP contribution in [0.4, 0.5) is 0 Å². The maximum absolute atomic E-state index is 12.2. The van der Waals surface area contributed by atoms with Crippen LogP contribution < -0.4 is 4.74 Å². The number of ether oxygens (including phenoxy) is 1. The molecule has 1 aliphatic rings. The Bertz CT molecular complexity index is 521. The topological polar surface area (TPSA) is 56.6 Å². The second-order valence-electron chi connectivity index (χ2n) is 5.47.